The SMILES string of the molecule is CC(C)(C)CCC1(C)CNCCO1. The average molecular weight is 185 g/mol. The molecule has 2 nitrogen and oxygen atoms in total. The summed E-state index contributed by atoms with van der Waals surface area (Å²) in [6.07, 6.45) is 2.38. The van der Waals surface area contributed by atoms with Gasteiger partial charge in [-0.3, -0.25) is 0 Å². The fourth-order valence-corrected chi connectivity index (χ4v) is 1.57. The van der Waals surface area contributed by atoms with Crippen LogP contribution in [0.2, 0.25) is 0 Å². The van der Waals surface area contributed by atoms with Crippen LogP contribution in [0, 0.1) is 5.41 Å². The third-order valence-corrected chi connectivity index (χ3v) is 2.63. The molecule has 1 unspecified atom stereocenters. The Bertz CT molecular complexity index is 154. The molecule has 1 saturated heterocycles. The molecule has 1 fully saturated rings. The molecule has 0 amide bonds. The second kappa shape index (κ2) is 3.97. The second-order valence-electron chi connectivity index (χ2n) is 5.54. The van der Waals surface area contributed by atoms with Crippen LogP contribution in [0.3, 0.4) is 0 Å². The van der Waals surface area contributed by atoms with Crippen LogP contribution < -0.4 is 5.32 Å². The van der Waals surface area contributed by atoms with Crippen molar-refractivity contribution >= 4 is 0 Å². The Labute approximate surface area is 82.0 Å². The Hall–Kier alpha value is -0.0800. The lowest BCUT2D eigenvalue weighted by Crippen LogP contribution is -2.47. The molecule has 0 bridgehead atoms. The summed E-state index contributed by atoms with van der Waals surface area (Å²) in [7, 11) is 0. The van der Waals surface area contributed by atoms with E-state index in [9.17, 15) is 0 Å². The summed E-state index contributed by atoms with van der Waals surface area (Å²) >= 11 is 0. The van der Waals surface area contributed by atoms with E-state index in [2.05, 4.69) is 33.0 Å². The largest absolute Gasteiger partial charge is 0.373 e. The molecule has 1 rings (SSSR count). The van der Waals surface area contributed by atoms with Crippen LogP contribution in [0.1, 0.15) is 40.5 Å². The van der Waals surface area contributed by atoms with Gasteiger partial charge in [0.1, 0.15) is 0 Å². The summed E-state index contributed by atoms with van der Waals surface area (Å²) in [6.45, 7) is 11.9. The molecule has 13 heavy (non-hydrogen) atoms. The summed E-state index contributed by atoms with van der Waals surface area (Å²) in [5, 5.41) is 3.39. The molecular formula is C11H23NO. The van der Waals surface area contributed by atoms with Crippen LogP contribution in [0.25, 0.3) is 0 Å². The van der Waals surface area contributed by atoms with Crippen LogP contribution in [0.5, 0.6) is 0 Å². The van der Waals surface area contributed by atoms with Gasteiger partial charge in [0.05, 0.1) is 12.2 Å². The smallest absolute Gasteiger partial charge is 0.0779 e. The first-order valence-electron chi connectivity index (χ1n) is 5.26. The van der Waals surface area contributed by atoms with Crippen molar-refractivity contribution in [1.29, 1.82) is 0 Å². The second-order valence-corrected chi connectivity index (χ2v) is 5.54. The van der Waals surface area contributed by atoms with Crippen molar-refractivity contribution in [1.82, 2.24) is 5.32 Å². The molecule has 0 radical (unpaired) electrons. The van der Waals surface area contributed by atoms with Gasteiger partial charge in [0, 0.05) is 13.1 Å². The molecule has 78 valence electrons. The van der Waals surface area contributed by atoms with E-state index in [4.69, 9.17) is 4.74 Å². The molecule has 0 aliphatic carbocycles. The van der Waals surface area contributed by atoms with Gasteiger partial charge in [-0.15, -0.1) is 0 Å². The van der Waals surface area contributed by atoms with E-state index in [1.807, 2.05) is 0 Å². The Kier molecular flexibility index (Phi) is 3.36. The lowest BCUT2D eigenvalue weighted by atomic mass is 9.85. The fraction of sp³-hybridized carbons (Fsp3) is 1.00. The Balaban J connectivity index is 2.33. The minimum Gasteiger partial charge on any atom is -0.373 e. The van der Waals surface area contributed by atoms with E-state index >= 15 is 0 Å². The third kappa shape index (κ3) is 4.10. The number of rotatable bonds is 2. The van der Waals surface area contributed by atoms with Crippen LogP contribution in [-0.4, -0.2) is 25.3 Å². The first kappa shape index (κ1) is 11.0. The summed E-state index contributed by atoms with van der Waals surface area (Å²) in [4.78, 5) is 0. The van der Waals surface area contributed by atoms with Gasteiger partial charge in [-0.1, -0.05) is 20.8 Å². The first-order chi connectivity index (χ1) is 5.91. The highest BCUT2D eigenvalue weighted by atomic mass is 16.5. The Morgan fingerprint density at radius 1 is 1.38 bits per heavy atom. The summed E-state index contributed by atoms with van der Waals surface area (Å²) in [6, 6.07) is 0. The zero-order valence-corrected chi connectivity index (χ0v) is 9.44. The minimum atomic E-state index is 0.0749. The molecule has 0 aromatic rings. The Morgan fingerprint density at radius 3 is 2.54 bits per heavy atom. The van der Waals surface area contributed by atoms with Crippen LogP contribution >= 0.6 is 0 Å². The molecule has 0 aromatic carbocycles. The fourth-order valence-electron chi connectivity index (χ4n) is 1.57. The summed E-state index contributed by atoms with van der Waals surface area (Å²) in [5.74, 6) is 0. The van der Waals surface area contributed by atoms with Gasteiger partial charge >= 0.3 is 0 Å². The van der Waals surface area contributed by atoms with Gasteiger partial charge in [-0.2, -0.15) is 0 Å². The maximum Gasteiger partial charge on any atom is 0.0779 e. The monoisotopic (exact) mass is 185 g/mol. The molecule has 1 atom stereocenters. The predicted molar refractivity (Wildman–Crippen MR) is 55.9 cm³/mol. The van der Waals surface area contributed by atoms with Crippen LogP contribution in [0.4, 0.5) is 0 Å². The highest BCUT2D eigenvalue weighted by Gasteiger charge is 2.28. The molecule has 2 heteroatoms. The zero-order valence-electron chi connectivity index (χ0n) is 9.44. The van der Waals surface area contributed by atoms with Crippen molar-refractivity contribution in [3.63, 3.8) is 0 Å². The average Bonchev–Trinajstić information content (AvgIpc) is 2.02. The van der Waals surface area contributed by atoms with Crippen molar-refractivity contribution in [2.75, 3.05) is 19.7 Å². The van der Waals surface area contributed by atoms with E-state index < -0.39 is 0 Å². The molecule has 0 saturated carbocycles. The van der Waals surface area contributed by atoms with Gasteiger partial charge < -0.3 is 10.1 Å². The number of ether oxygens (including phenoxy) is 1. The predicted octanol–water partition coefficient (Wildman–Crippen LogP) is 2.19. The van der Waals surface area contributed by atoms with Crippen molar-refractivity contribution in [2.24, 2.45) is 5.41 Å². The maximum absolute atomic E-state index is 5.80. The van der Waals surface area contributed by atoms with E-state index in [1.54, 1.807) is 0 Å². The Morgan fingerprint density at radius 2 is 2.08 bits per heavy atom. The van der Waals surface area contributed by atoms with Gasteiger partial charge in [0.2, 0.25) is 0 Å². The van der Waals surface area contributed by atoms with Crippen molar-refractivity contribution in [2.45, 2.75) is 46.1 Å². The molecule has 1 aliphatic rings. The molecule has 1 heterocycles. The molecular weight excluding hydrogens is 162 g/mol. The van der Waals surface area contributed by atoms with Gasteiger partial charge in [0.25, 0.3) is 0 Å². The van der Waals surface area contributed by atoms with E-state index in [1.165, 1.54) is 6.42 Å². The number of hydrogen-bond acceptors (Lipinski definition) is 2. The minimum absolute atomic E-state index is 0.0749. The lowest BCUT2D eigenvalue weighted by Gasteiger charge is -2.36. The summed E-state index contributed by atoms with van der Waals surface area (Å²) < 4.78 is 5.80. The number of hydrogen-bond donors (Lipinski definition) is 1. The van der Waals surface area contributed by atoms with Crippen LogP contribution in [-0.2, 0) is 4.74 Å². The van der Waals surface area contributed by atoms with E-state index in [0.29, 0.717) is 5.41 Å². The summed E-state index contributed by atoms with van der Waals surface area (Å²) in [5.41, 5.74) is 0.495. The van der Waals surface area contributed by atoms with Crippen LogP contribution in [0.15, 0.2) is 0 Å². The molecule has 0 spiro atoms. The zero-order chi connectivity index (χ0) is 9.95. The third-order valence-electron chi connectivity index (χ3n) is 2.63. The maximum atomic E-state index is 5.80. The topological polar surface area (TPSA) is 21.3 Å². The normalized spacial score (nSPS) is 30.5. The van der Waals surface area contributed by atoms with Gasteiger partial charge in [-0.25, -0.2) is 0 Å². The van der Waals surface area contributed by atoms with Crippen molar-refractivity contribution in [3.8, 4) is 0 Å². The molecule has 0 aromatic heterocycles. The first-order valence-corrected chi connectivity index (χ1v) is 5.26. The quantitative estimate of drug-likeness (QED) is 0.712. The highest BCUT2D eigenvalue weighted by Crippen LogP contribution is 2.27. The van der Waals surface area contributed by atoms with Crippen molar-refractivity contribution in [3.05, 3.63) is 0 Å². The molecule has 1 N–H and O–H groups in total. The van der Waals surface area contributed by atoms with Gasteiger partial charge in [0.15, 0.2) is 0 Å². The number of morpholine rings is 1. The standard InChI is InChI=1S/C11H23NO/c1-10(2,3)5-6-11(4)9-12-7-8-13-11/h12H,5-9H2,1-4H3. The van der Waals surface area contributed by atoms with Gasteiger partial charge in [-0.05, 0) is 25.2 Å². The van der Waals surface area contributed by atoms with Crippen molar-refractivity contribution < 1.29 is 4.74 Å². The highest BCUT2D eigenvalue weighted by molar-refractivity contribution is 4.83. The number of nitrogens with one attached hydrogen (secondary N) is 1. The lowest BCUT2D eigenvalue weighted by molar-refractivity contribution is -0.0629. The van der Waals surface area contributed by atoms with E-state index in [-0.39, 0.29) is 5.60 Å². The van der Waals surface area contributed by atoms with E-state index in [0.717, 1.165) is 26.1 Å². The molecule has 1 aliphatic heterocycles.